The summed E-state index contributed by atoms with van der Waals surface area (Å²) < 4.78 is 2.06. The van der Waals surface area contributed by atoms with Gasteiger partial charge in [-0.1, -0.05) is 24.3 Å². The van der Waals surface area contributed by atoms with E-state index in [2.05, 4.69) is 22.8 Å². The second-order valence-electron chi connectivity index (χ2n) is 6.30. The fraction of sp³-hybridized carbons (Fsp3) is 0.300. The number of carbonyl (C=O) groups is 1. The van der Waals surface area contributed by atoms with Crippen LogP contribution in [0.5, 0.6) is 0 Å². The quantitative estimate of drug-likeness (QED) is 0.631. The Morgan fingerprint density at radius 3 is 2.58 bits per heavy atom. The largest absolute Gasteiger partial charge is 0.352 e. The van der Waals surface area contributed by atoms with E-state index < -0.39 is 0 Å². The van der Waals surface area contributed by atoms with Crippen molar-refractivity contribution in [3.05, 3.63) is 64.0 Å². The van der Waals surface area contributed by atoms with Crippen molar-refractivity contribution in [1.29, 1.82) is 5.26 Å². The minimum atomic E-state index is -0.187. The lowest BCUT2D eigenvalue weighted by Crippen LogP contribution is -2.36. The van der Waals surface area contributed by atoms with Crippen LogP contribution in [0.1, 0.15) is 28.1 Å². The molecular weight excluding hydrogens is 298 g/mol. The van der Waals surface area contributed by atoms with Gasteiger partial charge in [0, 0.05) is 31.5 Å². The van der Waals surface area contributed by atoms with Crippen molar-refractivity contribution in [3.8, 4) is 6.07 Å². The minimum absolute atomic E-state index is 0.187. The molecule has 4 nitrogen and oxygen atoms in total. The highest BCUT2D eigenvalue weighted by atomic mass is 16.2. The lowest BCUT2D eigenvalue weighted by Gasteiger charge is -2.28. The third kappa shape index (κ3) is 2.85. The van der Waals surface area contributed by atoms with Gasteiger partial charge in [0.05, 0.1) is 0 Å². The molecule has 1 aromatic heterocycles. The van der Waals surface area contributed by atoms with Crippen LogP contribution >= 0.6 is 0 Å². The number of nitriles is 1. The number of amides is 1. The SMILES string of the molecule is Cc1cc(/C=C(/C#N)C(=O)N2CCc3ccccc3C2)c(C)n1C. The van der Waals surface area contributed by atoms with Gasteiger partial charge >= 0.3 is 0 Å². The van der Waals surface area contributed by atoms with Crippen molar-refractivity contribution >= 4 is 12.0 Å². The summed E-state index contributed by atoms with van der Waals surface area (Å²) in [4.78, 5) is 14.5. The van der Waals surface area contributed by atoms with Crippen LogP contribution in [0.4, 0.5) is 0 Å². The minimum Gasteiger partial charge on any atom is -0.352 e. The average Bonchev–Trinajstić information content (AvgIpc) is 2.85. The summed E-state index contributed by atoms with van der Waals surface area (Å²) >= 11 is 0. The Kier molecular flexibility index (Phi) is 4.26. The zero-order valence-electron chi connectivity index (χ0n) is 14.3. The van der Waals surface area contributed by atoms with E-state index >= 15 is 0 Å². The number of aromatic nitrogens is 1. The molecule has 0 atom stereocenters. The Morgan fingerprint density at radius 1 is 1.25 bits per heavy atom. The Bertz CT molecular complexity index is 867. The summed E-state index contributed by atoms with van der Waals surface area (Å²) in [6.07, 6.45) is 2.55. The zero-order chi connectivity index (χ0) is 17.3. The number of hydrogen-bond donors (Lipinski definition) is 0. The Hall–Kier alpha value is -2.80. The van der Waals surface area contributed by atoms with Gasteiger partial charge in [0.25, 0.3) is 5.91 Å². The number of aryl methyl sites for hydroxylation is 1. The van der Waals surface area contributed by atoms with Crippen molar-refractivity contribution in [2.45, 2.75) is 26.8 Å². The molecule has 0 fully saturated rings. The van der Waals surface area contributed by atoms with Gasteiger partial charge < -0.3 is 9.47 Å². The van der Waals surface area contributed by atoms with E-state index in [0.717, 1.165) is 23.4 Å². The first kappa shape index (κ1) is 16.1. The number of benzene rings is 1. The Balaban J connectivity index is 1.87. The average molecular weight is 319 g/mol. The molecule has 0 unspecified atom stereocenters. The van der Waals surface area contributed by atoms with E-state index in [1.54, 1.807) is 11.0 Å². The molecule has 3 rings (SSSR count). The Labute approximate surface area is 142 Å². The second-order valence-corrected chi connectivity index (χ2v) is 6.30. The summed E-state index contributed by atoms with van der Waals surface area (Å²) in [7, 11) is 1.98. The molecule has 2 heterocycles. The summed E-state index contributed by atoms with van der Waals surface area (Å²) in [5.74, 6) is -0.187. The number of rotatable bonds is 2. The summed E-state index contributed by atoms with van der Waals surface area (Å²) in [6.45, 7) is 5.23. The Morgan fingerprint density at radius 2 is 1.96 bits per heavy atom. The summed E-state index contributed by atoms with van der Waals surface area (Å²) in [5.41, 5.74) is 5.74. The van der Waals surface area contributed by atoms with Crippen LogP contribution < -0.4 is 0 Å². The fourth-order valence-corrected chi connectivity index (χ4v) is 3.17. The molecule has 0 saturated heterocycles. The van der Waals surface area contributed by atoms with Crippen LogP contribution in [0.15, 0.2) is 35.9 Å². The maximum absolute atomic E-state index is 12.8. The van der Waals surface area contributed by atoms with E-state index in [1.807, 2.05) is 39.1 Å². The fourth-order valence-electron chi connectivity index (χ4n) is 3.17. The smallest absolute Gasteiger partial charge is 0.264 e. The predicted molar refractivity (Wildman–Crippen MR) is 94.0 cm³/mol. The molecule has 2 aromatic rings. The number of fused-ring (bicyclic) bond motifs is 1. The lowest BCUT2D eigenvalue weighted by molar-refractivity contribution is -0.127. The standard InChI is InChI=1S/C20H21N3O/c1-14-10-18(15(2)22(14)3)11-19(12-21)20(24)23-9-8-16-6-4-5-7-17(16)13-23/h4-7,10-11H,8-9,13H2,1-3H3/b19-11-. The van der Waals surface area contributed by atoms with Crippen LogP contribution in [0, 0.1) is 25.2 Å². The van der Waals surface area contributed by atoms with Crippen LogP contribution in [0.25, 0.3) is 6.08 Å². The molecule has 0 radical (unpaired) electrons. The van der Waals surface area contributed by atoms with E-state index in [0.29, 0.717) is 13.1 Å². The van der Waals surface area contributed by atoms with Gasteiger partial charge in [-0.2, -0.15) is 5.26 Å². The van der Waals surface area contributed by atoms with Crippen molar-refractivity contribution in [3.63, 3.8) is 0 Å². The van der Waals surface area contributed by atoms with Gasteiger partial charge in [-0.25, -0.2) is 0 Å². The number of hydrogen-bond acceptors (Lipinski definition) is 2. The molecule has 0 saturated carbocycles. The highest BCUT2D eigenvalue weighted by molar-refractivity contribution is 6.01. The predicted octanol–water partition coefficient (Wildman–Crippen LogP) is 3.13. The number of nitrogens with zero attached hydrogens (tertiary/aromatic N) is 3. The molecule has 1 amide bonds. The van der Waals surface area contributed by atoms with E-state index in [4.69, 9.17) is 0 Å². The van der Waals surface area contributed by atoms with E-state index in [9.17, 15) is 10.1 Å². The number of carbonyl (C=O) groups excluding carboxylic acids is 1. The van der Waals surface area contributed by atoms with Gasteiger partial charge in [-0.3, -0.25) is 4.79 Å². The second kappa shape index (κ2) is 6.37. The molecule has 0 spiro atoms. The molecular formula is C20H21N3O. The van der Waals surface area contributed by atoms with Crippen molar-refractivity contribution in [2.24, 2.45) is 7.05 Å². The van der Waals surface area contributed by atoms with Gasteiger partial charge in [-0.15, -0.1) is 0 Å². The third-order valence-corrected chi connectivity index (χ3v) is 4.88. The first-order valence-electron chi connectivity index (χ1n) is 8.12. The van der Waals surface area contributed by atoms with Gasteiger partial charge in [0.2, 0.25) is 0 Å². The third-order valence-electron chi connectivity index (χ3n) is 4.88. The van der Waals surface area contributed by atoms with Crippen molar-refractivity contribution in [1.82, 2.24) is 9.47 Å². The van der Waals surface area contributed by atoms with Crippen LogP contribution in [0.2, 0.25) is 0 Å². The molecule has 24 heavy (non-hydrogen) atoms. The molecule has 1 aliphatic rings. The first-order valence-corrected chi connectivity index (χ1v) is 8.12. The normalized spacial score (nSPS) is 14.2. The molecule has 0 bridgehead atoms. The van der Waals surface area contributed by atoms with Crippen molar-refractivity contribution in [2.75, 3.05) is 6.54 Å². The molecule has 122 valence electrons. The summed E-state index contributed by atoms with van der Waals surface area (Å²) in [5, 5.41) is 9.48. The first-order chi connectivity index (χ1) is 11.5. The maximum atomic E-state index is 12.8. The van der Waals surface area contributed by atoms with E-state index in [1.165, 1.54) is 11.1 Å². The van der Waals surface area contributed by atoms with Crippen LogP contribution in [0.3, 0.4) is 0 Å². The van der Waals surface area contributed by atoms with Crippen molar-refractivity contribution < 1.29 is 4.79 Å². The highest BCUT2D eigenvalue weighted by Gasteiger charge is 2.23. The van der Waals surface area contributed by atoms with E-state index in [-0.39, 0.29) is 11.5 Å². The molecule has 4 heteroatoms. The highest BCUT2D eigenvalue weighted by Crippen LogP contribution is 2.22. The topological polar surface area (TPSA) is 49.0 Å². The maximum Gasteiger partial charge on any atom is 0.264 e. The van der Waals surface area contributed by atoms with Gasteiger partial charge in [0.1, 0.15) is 11.6 Å². The van der Waals surface area contributed by atoms with Gasteiger partial charge in [-0.05, 0) is 49.1 Å². The molecule has 0 N–H and O–H groups in total. The monoisotopic (exact) mass is 319 g/mol. The zero-order valence-corrected chi connectivity index (χ0v) is 14.3. The lowest BCUT2D eigenvalue weighted by atomic mass is 9.99. The molecule has 1 aromatic carbocycles. The molecule has 1 aliphatic heterocycles. The summed E-state index contributed by atoms with van der Waals surface area (Å²) in [6, 6.07) is 12.3. The van der Waals surface area contributed by atoms with Crippen LogP contribution in [-0.2, 0) is 24.8 Å². The van der Waals surface area contributed by atoms with Crippen LogP contribution in [-0.4, -0.2) is 21.9 Å². The molecule has 0 aliphatic carbocycles. The van der Waals surface area contributed by atoms with Gasteiger partial charge in [0.15, 0.2) is 0 Å².